The third-order valence-electron chi connectivity index (χ3n) is 2.33. The molecule has 0 aromatic carbocycles. The molecule has 110 valence electrons. The monoisotopic (exact) mass is 275 g/mol. The molecule has 0 aromatic rings. The summed E-state index contributed by atoms with van der Waals surface area (Å²) in [4.78, 5) is 33.5. The molecule has 0 aliphatic rings. The number of ether oxygens (including phenoxy) is 2. The fraction of sp³-hybridized carbons (Fsp3) is 0.750. The highest BCUT2D eigenvalue weighted by atomic mass is 16.5. The number of methoxy groups -OCH3 is 1. The number of hydrogen-bond acceptors (Lipinski definition) is 5. The molecule has 0 rings (SSSR count). The van der Waals surface area contributed by atoms with Crippen LogP contribution < -0.4 is 5.32 Å². The molecule has 0 saturated heterocycles. The van der Waals surface area contributed by atoms with Crippen molar-refractivity contribution in [2.75, 3.05) is 20.3 Å². The smallest absolute Gasteiger partial charge is 0.326 e. The third kappa shape index (κ3) is 9.01. The van der Waals surface area contributed by atoms with Crippen LogP contribution >= 0.6 is 0 Å². The van der Waals surface area contributed by atoms with Gasteiger partial charge < -0.3 is 19.9 Å². The van der Waals surface area contributed by atoms with Gasteiger partial charge in [0.25, 0.3) is 0 Å². The Labute approximate surface area is 112 Å². The van der Waals surface area contributed by atoms with Crippen LogP contribution in [-0.4, -0.2) is 49.3 Å². The average molecular weight is 275 g/mol. The maximum absolute atomic E-state index is 11.5. The number of nitrogens with one attached hydrogen (secondary N) is 1. The van der Waals surface area contributed by atoms with E-state index in [0.717, 1.165) is 0 Å². The van der Waals surface area contributed by atoms with Crippen LogP contribution in [-0.2, 0) is 23.9 Å². The fourth-order valence-corrected chi connectivity index (χ4v) is 1.40. The number of hydrogen-bond donors (Lipinski definition) is 2. The van der Waals surface area contributed by atoms with Crippen LogP contribution in [0.1, 0.15) is 32.6 Å². The Morgan fingerprint density at radius 1 is 1.26 bits per heavy atom. The van der Waals surface area contributed by atoms with Crippen molar-refractivity contribution in [3.8, 4) is 0 Å². The number of amides is 1. The van der Waals surface area contributed by atoms with Gasteiger partial charge in [-0.1, -0.05) is 0 Å². The second kappa shape index (κ2) is 10.3. The maximum Gasteiger partial charge on any atom is 0.326 e. The number of carboxylic acids is 1. The van der Waals surface area contributed by atoms with E-state index >= 15 is 0 Å². The predicted octanol–water partition coefficient (Wildman–Crippen LogP) is 0.326. The first-order valence-corrected chi connectivity index (χ1v) is 6.18. The molecule has 2 N–H and O–H groups in total. The summed E-state index contributed by atoms with van der Waals surface area (Å²) >= 11 is 0. The average Bonchev–Trinajstić information content (AvgIpc) is 2.34. The highest BCUT2D eigenvalue weighted by Gasteiger charge is 2.21. The van der Waals surface area contributed by atoms with Gasteiger partial charge in [-0.15, -0.1) is 0 Å². The lowest BCUT2D eigenvalue weighted by Gasteiger charge is -2.14. The fourth-order valence-electron chi connectivity index (χ4n) is 1.40. The van der Waals surface area contributed by atoms with Crippen molar-refractivity contribution in [2.45, 2.75) is 38.6 Å². The second-order valence-corrected chi connectivity index (χ2v) is 3.90. The number of carbonyl (C=O) groups is 3. The molecule has 0 bridgehead atoms. The van der Waals surface area contributed by atoms with Gasteiger partial charge in [-0.25, -0.2) is 4.79 Å². The van der Waals surface area contributed by atoms with Gasteiger partial charge in [-0.05, 0) is 19.8 Å². The Hall–Kier alpha value is -1.63. The minimum atomic E-state index is -1.16. The van der Waals surface area contributed by atoms with Gasteiger partial charge in [-0.3, -0.25) is 9.59 Å². The van der Waals surface area contributed by atoms with Crippen molar-refractivity contribution in [3.63, 3.8) is 0 Å². The molecule has 0 heterocycles. The Morgan fingerprint density at radius 3 is 2.47 bits per heavy atom. The molecule has 7 heteroatoms. The van der Waals surface area contributed by atoms with Crippen LogP contribution in [0.4, 0.5) is 0 Å². The van der Waals surface area contributed by atoms with Gasteiger partial charge in [-0.2, -0.15) is 0 Å². The summed E-state index contributed by atoms with van der Waals surface area (Å²) in [6.07, 6.45) is 0.691. The molecule has 0 radical (unpaired) electrons. The van der Waals surface area contributed by atoms with Crippen molar-refractivity contribution in [3.05, 3.63) is 0 Å². The Morgan fingerprint density at radius 2 is 1.95 bits per heavy atom. The standard InChI is InChI=1S/C12H21NO6/c1-3-19-11(15)7-6-9(12(16)17)13-10(14)5-4-8-18-2/h9H,3-8H2,1-2H3,(H,13,14)(H,16,17)/t9-/m0/s1. The van der Waals surface area contributed by atoms with Crippen LogP contribution in [0.25, 0.3) is 0 Å². The maximum atomic E-state index is 11.5. The second-order valence-electron chi connectivity index (χ2n) is 3.90. The Kier molecular flexibility index (Phi) is 9.42. The van der Waals surface area contributed by atoms with Gasteiger partial charge >= 0.3 is 11.9 Å². The number of carbonyl (C=O) groups excluding carboxylic acids is 2. The Bertz CT molecular complexity index is 305. The molecule has 1 amide bonds. The van der Waals surface area contributed by atoms with E-state index in [-0.39, 0.29) is 31.8 Å². The number of esters is 1. The quantitative estimate of drug-likeness (QED) is 0.440. The minimum absolute atomic E-state index is 0.0180. The lowest BCUT2D eigenvalue weighted by molar-refractivity contribution is -0.145. The third-order valence-corrected chi connectivity index (χ3v) is 2.33. The molecule has 0 unspecified atom stereocenters. The first-order chi connectivity index (χ1) is 9.01. The van der Waals surface area contributed by atoms with Crippen molar-refractivity contribution >= 4 is 17.8 Å². The van der Waals surface area contributed by atoms with Crippen molar-refractivity contribution in [1.82, 2.24) is 5.32 Å². The first-order valence-electron chi connectivity index (χ1n) is 6.18. The zero-order valence-electron chi connectivity index (χ0n) is 11.3. The van der Waals surface area contributed by atoms with Crippen molar-refractivity contribution < 1.29 is 29.0 Å². The molecule has 0 aromatic heterocycles. The predicted molar refractivity (Wildman–Crippen MR) is 66.5 cm³/mol. The first kappa shape index (κ1) is 17.4. The molecule has 7 nitrogen and oxygen atoms in total. The summed E-state index contributed by atoms with van der Waals surface area (Å²) in [6.45, 7) is 2.36. The lowest BCUT2D eigenvalue weighted by Crippen LogP contribution is -2.41. The van der Waals surface area contributed by atoms with Crippen molar-refractivity contribution in [1.29, 1.82) is 0 Å². The largest absolute Gasteiger partial charge is 0.480 e. The van der Waals surface area contributed by atoms with E-state index in [1.54, 1.807) is 6.92 Å². The number of aliphatic carboxylic acids is 1. The molecule has 0 aliphatic heterocycles. The minimum Gasteiger partial charge on any atom is -0.480 e. The van der Waals surface area contributed by atoms with Gasteiger partial charge in [0.15, 0.2) is 0 Å². The van der Waals surface area contributed by atoms with E-state index in [1.165, 1.54) is 7.11 Å². The number of carboxylic acid groups (broad SMARTS) is 1. The highest BCUT2D eigenvalue weighted by Crippen LogP contribution is 2.01. The molecular formula is C12H21NO6. The summed E-state index contributed by atoms with van der Waals surface area (Å²) < 4.78 is 9.49. The Balaban J connectivity index is 4.08. The summed E-state index contributed by atoms with van der Waals surface area (Å²) in [5.41, 5.74) is 0. The van der Waals surface area contributed by atoms with Crippen molar-refractivity contribution in [2.24, 2.45) is 0 Å². The molecule has 19 heavy (non-hydrogen) atoms. The summed E-state index contributed by atoms with van der Waals surface area (Å²) in [5, 5.41) is 11.3. The van der Waals surface area contributed by atoms with E-state index in [4.69, 9.17) is 14.6 Å². The van der Waals surface area contributed by atoms with E-state index in [9.17, 15) is 14.4 Å². The van der Waals surface area contributed by atoms with Gasteiger partial charge in [0.1, 0.15) is 6.04 Å². The van der Waals surface area contributed by atoms with Crippen LogP contribution in [0.15, 0.2) is 0 Å². The normalized spacial score (nSPS) is 11.7. The molecule has 0 spiro atoms. The molecule has 0 fully saturated rings. The van der Waals surface area contributed by atoms with Gasteiger partial charge in [0.05, 0.1) is 6.61 Å². The molecular weight excluding hydrogens is 254 g/mol. The van der Waals surface area contributed by atoms with Crippen LogP contribution in [0.5, 0.6) is 0 Å². The van der Waals surface area contributed by atoms with Gasteiger partial charge in [0.2, 0.25) is 5.91 Å². The highest BCUT2D eigenvalue weighted by molar-refractivity contribution is 5.84. The van der Waals surface area contributed by atoms with Gasteiger partial charge in [0, 0.05) is 26.6 Å². The summed E-state index contributed by atoms with van der Waals surface area (Å²) in [7, 11) is 1.53. The van der Waals surface area contributed by atoms with Crippen LogP contribution in [0, 0.1) is 0 Å². The SMILES string of the molecule is CCOC(=O)CC[C@H](NC(=O)CCCOC)C(=O)O. The summed E-state index contributed by atoms with van der Waals surface area (Å²) in [6, 6.07) is -1.07. The lowest BCUT2D eigenvalue weighted by atomic mass is 10.1. The molecule has 0 aliphatic carbocycles. The summed E-state index contributed by atoms with van der Waals surface area (Å²) in [5.74, 6) is -2.00. The molecule has 0 saturated carbocycles. The zero-order valence-corrected chi connectivity index (χ0v) is 11.3. The van der Waals surface area contributed by atoms with E-state index in [0.29, 0.717) is 13.0 Å². The van der Waals surface area contributed by atoms with Crippen LogP contribution in [0.2, 0.25) is 0 Å². The number of rotatable bonds is 10. The zero-order chi connectivity index (χ0) is 14.7. The van der Waals surface area contributed by atoms with E-state index < -0.39 is 18.0 Å². The molecule has 1 atom stereocenters. The topological polar surface area (TPSA) is 102 Å². The van der Waals surface area contributed by atoms with E-state index in [2.05, 4.69) is 5.32 Å². The van der Waals surface area contributed by atoms with Crippen LogP contribution in [0.3, 0.4) is 0 Å². The van der Waals surface area contributed by atoms with E-state index in [1.807, 2.05) is 0 Å².